The summed E-state index contributed by atoms with van der Waals surface area (Å²) in [4.78, 5) is 28.8. The number of halogens is 1. The van der Waals surface area contributed by atoms with Crippen molar-refractivity contribution < 1.29 is 9.59 Å². The summed E-state index contributed by atoms with van der Waals surface area (Å²) in [6.07, 6.45) is 1.46. The summed E-state index contributed by atoms with van der Waals surface area (Å²) < 4.78 is 0.980. The predicted molar refractivity (Wildman–Crippen MR) is 141 cm³/mol. The van der Waals surface area contributed by atoms with Gasteiger partial charge in [-0.05, 0) is 41.2 Å². The van der Waals surface area contributed by atoms with E-state index in [-0.39, 0.29) is 11.8 Å². The van der Waals surface area contributed by atoms with Crippen molar-refractivity contribution in [3.8, 4) is 0 Å². The minimum Gasteiger partial charge on any atom is -0.354 e. The number of benzene rings is 3. The minimum atomic E-state index is -0.590. The first kappa shape index (κ1) is 25.7. The molecule has 0 saturated heterocycles. The Kier molecular flexibility index (Phi) is 9.89. The first-order valence-electron chi connectivity index (χ1n) is 11.8. The molecular formula is C29H33BrN2O2. The second kappa shape index (κ2) is 13.1. The molecule has 34 heavy (non-hydrogen) atoms. The number of nitrogens with zero attached hydrogens (tertiary/aromatic N) is 1. The van der Waals surface area contributed by atoms with Crippen LogP contribution in [0.25, 0.3) is 0 Å². The third-order valence-electron chi connectivity index (χ3n) is 5.69. The van der Waals surface area contributed by atoms with Crippen LogP contribution in [0, 0.1) is 5.92 Å². The van der Waals surface area contributed by atoms with Crippen molar-refractivity contribution in [2.75, 3.05) is 6.54 Å². The van der Waals surface area contributed by atoms with E-state index >= 15 is 0 Å². The molecule has 0 saturated carbocycles. The van der Waals surface area contributed by atoms with Gasteiger partial charge in [-0.3, -0.25) is 9.59 Å². The van der Waals surface area contributed by atoms with Gasteiger partial charge in [0.15, 0.2) is 0 Å². The summed E-state index contributed by atoms with van der Waals surface area (Å²) in [7, 11) is 0. The third-order valence-corrected chi connectivity index (χ3v) is 6.22. The van der Waals surface area contributed by atoms with Gasteiger partial charge in [-0.1, -0.05) is 103 Å². The highest BCUT2D eigenvalue weighted by Gasteiger charge is 2.30. The van der Waals surface area contributed by atoms with E-state index in [0.29, 0.717) is 38.3 Å². The van der Waals surface area contributed by atoms with Crippen molar-refractivity contribution >= 4 is 27.7 Å². The molecule has 0 unspecified atom stereocenters. The highest BCUT2D eigenvalue weighted by molar-refractivity contribution is 9.10. The van der Waals surface area contributed by atoms with Crippen molar-refractivity contribution in [2.24, 2.45) is 5.92 Å². The fourth-order valence-electron chi connectivity index (χ4n) is 3.80. The molecule has 0 aliphatic carbocycles. The van der Waals surface area contributed by atoms with Crippen LogP contribution in [-0.4, -0.2) is 29.3 Å². The topological polar surface area (TPSA) is 49.4 Å². The summed E-state index contributed by atoms with van der Waals surface area (Å²) in [5.41, 5.74) is 3.14. The van der Waals surface area contributed by atoms with Gasteiger partial charge in [-0.2, -0.15) is 0 Å². The van der Waals surface area contributed by atoms with Gasteiger partial charge >= 0.3 is 0 Å². The molecule has 1 atom stereocenters. The molecule has 0 radical (unpaired) electrons. The number of rotatable bonds is 11. The Labute approximate surface area is 211 Å². The lowest BCUT2D eigenvalue weighted by atomic mass is 10.0. The van der Waals surface area contributed by atoms with Crippen molar-refractivity contribution in [2.45, 2.75) is 45.7 Å². The molecule has 0 spiro atoms. The fourth-order valence-corrected chi connectivity index (χ4v) is 4.07. The molecular weight excluding hydrogens is 488 g/mol. The van der Waals surface area contributed by atoms with Gasteiger partial charge in [0.1, 0.15) is 6.04 Å². The molecule has 0 heterocycles. The Morgan fingerprint density at radius 1 is 0.824 bits per heavy atom. The highest BCUT2D eigenvalue weighted by Crippen LogP contribution is 2.18. The van der Waals surface area contributed by atoms with Gasteiger partial charge in [0.25, 0.3) is 0 Å². The second-order valence-corrected chi connectivity index (χ2v) is 9.89. The van der Waals surface area contributed by atoms with E-state index < -0.39 is 6.04 Å². The van der Waals surface area contributed by atoms with Gasteiger partial charge in [0.2, 0.25) is 11.8 Å². The minimum absolute atomic E-state index is 0.0209. The second-order valence-electron chi connectivity index (χ2n) is 8.98. The zero-order valence-corrected chi connectivity index (χ0v) is 21.5. The smallest absolute Gasteiger partial charge is 0.243 e. The van der Waals surface area contributed by atoms with E-state index in [4.69, 9.17) is 0 Å². The van der Waals surface area contributed by atoms with Gasteiger partial charge in [-0.15, -0.1) is 0 Å². The van der Waals surface area contributed by atoms with E-state index in [1.165, 1.54) is 0 Å². The Morgan fingerprint density at radius 2 is 1.41 bits per heavy atom. The molecule has 3 rings (SSSR count). The SMILES string of the molecule is CC(C)CNC(=O)[C@@H](Cc1ccccc1)N(Cc1ccc(Br)cc1)C(=O)CCc1ccccc1. The number of hydrogen-bond acceptors (Lipinski definition) is 2. The highest BCUT2D eigenvalue weighted by atomic mass is 79.9. The molecule has 0 bridgehead atoms. The number of aryl methyl sites for hydroxylation is 1. The van der Waals surface area contributed by atoms with Gasteiger partial charge in [0, 0.05) is 30.4 Å². The van der Waals surface area contributed by atoms with Crippen LogP contribution in [0.1, 0.15) is 37.0 Å². The summed E-state index contributed by atoms with van der Waals surface area (Å²) in [5.74, 6) is 0.199. The zero-order chi connectivity index (χ0) is 24.3. The Balaban J connectivity index is 1.88. The van der Waals surface area contributed by atoms with Crippen molar-refractivity contribution in [1.82, 2.24) is 10.2 Å². The maximum atomic E-state index is 13.6. The Bertz CT molecular complexity index is 1040. The van der Waals surface area contributed by atoms with Crippen LogP contribution >= 0.6 is 15.9 Å². The summed E-state index contributed by atoms with van der Waals surface area (Å²) in [6, 6.07) is 27.2. The monoisotopic (exact) mass is 520 g/mol. The molecule has 5 heteroatoms. The average molecular weight is 521 g/mol. The van der Waals surface area contributed by atoms with Gasteiger partial charge in [0.05, 0.1) is 0 Å². The fraction of sp³-hybridized carbons (Fsp3) is 0.310. The van der Waals surface area contributed by atoms with Gasteiger partial charge in [-0.25, -0.2) is 0 Å². The molecule has 0 fully saturated rings. The quantitative estimate of drug-likeness (QED) is 0.347. The normalized spacial score (nSPS) is 11.8. The summed E-state index contributed by atoms with van der Waals surface area (Å²) in [5, 5.41) is 3.07. The Morgan fingerprint density at radius 3 is 2.00 bits per heavy atom. The number of hydrogen-bond donors (Lipinski definition) is 1. The van der Waals surface area contributed by atoms with Crippen LogP contribution in [-0.2, 0) is 29.0 Å². The van der Waals surface area contributed by atoms with Crippen LogP contribution in [0.4, 0.5) is 0 Å². The van der Waals surface area contributed by atoms with Gasteiger partial charge < -0.3 is 10.2 Å². The lowest BCUT2D eigenvalue weighted by Crippen LogP contribution is -2.51. The first-order valence-corrected chi connectivity index (χ1v) is 12.6. The van der Waals surface area contributed by atoms with Crippen LogP contribution < -0.4 is 5.32 Å². The largest absolute Gasteiger partial charge is 0.354 e. The van der Waals surface area contributed by atoms with Crippen LogP contribution in [0.3, 0.4) is 0 Å². The molecule has 3 aromatic carbocycles. The number of nitrogens with one attached hydrogen (secondary N) is 1. The van der Waals surface area contributed by atoms with Crippen molar-refractivity contribution in [3.63, 3.8) is 0 Å². The van der Waals surface area contributed by atoms with Crippen LogP contribution in [0.5, 0.6) is 0 Å². The molecule has 0 aliphatic heterocycles. The predicted octanol–water partition coefficient (Wildman–Crippen LogP) is 5.79. The number of carbonyl (C=O) groups is 2. The first-order chi connectivity index (χ1) is 16.4. The average Bonchev–Trinajstić information content (AvgIpc) is 2.85. The van der Waals surface area contributed by atoms with E-state index in [0.717, 1.165) is 21.2 Å². The molecule has 0 aliphatic rings. The molecule has 4 nitrogen and oxygen atoms in total. The molecule has 0 aromatic heterocycles. The maximum absolute atomic E-state index is 13.6. The van der Waals surface area contributed by atoms with Crippen molar-refractivity contribution in [1.29, 1.82) is 0 Å². The zero-order valence-electron chi connectivity index (χ0n) is 19.9. The summed E-state index contributed by atoms with van der Waals surface area (Å²) >= 11 is 3.48. The molecule has 2 amide bonds. The third kappa shape index (κ3) is 8.14. The lowest BCUT2D eigenvalue weighted by molar-refractivity contribution is -0.141. The van der Waals surface area contributed by atoms with E-state index in [2.05, 4.69) is 35.1 Å². The molecule has 178 valence electrons. The van der Waals surface area contributed by atoms with E-state index in [1.807, 2.05) is 84.9 Å². The van der Waals surface area contributed by atoms with E-state index in [1.54, 1.807) is 4.90 Å². The van der Waals surface area contributed by atoms with E-state index in [9.17, 15) is 9.59 Å². The standard InChI is InChI=1S/C29H33BrN2O2/c1-22(2)20-31-29(34)27(19-24-11-7-4-8-12-24)32(21-25-13-16-26(30)17-14-25)28(33)18-15-23-9-5-3-6-10-23/h3-14,16-17,22,27H,15,18-21H2,1-2H3,(H,31,34)/t27-/m1/s1. The lowest BCUT2D eigenvalue weighted by Gasteiger charge is -2.32. The van der Waals surface area contributed by atoms with Crippen LogP contribution in [0.2, 0.25) is 0 Å². The number of carbonyl (C=O) groups excluding carboxylic acids is 2. The molecule has 1 N–H and O–H groups in total. The Hall–Kier alpha value is -2.92. The maximum Gasteiger partial charge on any atom is 0.243 e. The molecule has 3 aromatic rings. The number of amides is 2. The van der Waals surface area contributed by atoms with Crippen LogP contribution in [0.15, 0.2) is 89.4 Å². The van der Waals surface area contributed by atoms with Crippen molar-refractivity contribution in [3.05, 3.63) is 106 Å². The summed E-state index contributed by atoms with van der Waals surface area (Å²) in [6.45, 7) is 5.09.